The summed E-state index contributed by atoms with van der Waals surface area (Å²) in [6.45, 7) is 0.388. The molecule has 2 aromatic carbocycles. The molecule has 29 heavy (non-hydrogen) atoms. The van der Waals surface area contributed by atoms with Crippen LogP contribution in [0.3, 0.4) is 0 Å². The molecular weight excluding hydrogens is 397 g/mol. The van der Waals surface area contributed by atoms with E-state index in [1.807, 2.05) is 0 Å². The number of urea groups is 1. The van der Waals surface area contributed by atoms with Crippen molar-refractivity contribution in [3.8, 4) is 0 Å². The van der Waals surface area contributed by atoms with Crippen LogP contribution < -0.4 is 16.0 Å². The molecule has 1 aliphatic heterocycles. The van der Waals surface area contributed by atoms with Gasteiger partial charge < -0.3 is 16.0 Å². The Hall–Kier alpha value is -2.94. The maximum Gasteiger partial charge on any atom is 0.319 e. The number of benzene rings is 2. The Balaban J connectivity index is 1.49. The number of hydrogen-bond acceptors (Lipinski definition) is 4. The fraction of sp³-hybridized carbons (Fsp3) is 0.300. The maximum atomic E-state index is 12.9. The summed E-state index contributed by atoms with van der Waals surface area (Å²) in [4.78, 5) is 24.4. The standard InChI is InChI=1S/C20H22FN3O4S/c21-16-6-4-14(5-7-16)8-10-22-19(25)15-2-1-3-17(12-15)23-20(26)24-18-9-11-29(27,28)13-18/h1-7,12,18H,8-11,13H2,(H,22,25)(H2,23,24,26)/t18-/m1/s1. The Morgan fingerprint density at radius 2 is 1.86 bits per heavy atom. The minimum absolute atomic E-state index is 0.0586. The van der Waals surface area contributed by atoms with Gasteiger partial charge in [0, 0.05) is 23.8 Å². The second-order valence-corrected chi connectivity index (χ2v) is 9.14. The Kier molecular flexibility index (Phi) is 6.48. The first kappa shape index (κ1) is 20.8. The molecule has 0 aliphatic carbocycles. The predicted octanol–water partition coefficient (Wildman–Crippen LogP) is 2.11. The highest BCUT2D eigenvalue weighted by Gasteiger charge is 2.28. The SMILES string of the molecule is O=C(Nc1cccc(C(=O)NCCc2ccc(F)cc2)c1)N[C@@H]1CCS(=O)(=O)C1. The van der Waals surface area contributed by atoms with Crippen LogP contribution in [0.1, 0.15) is 22.3 Å². The van der Waals surface area contributed by atoms with Gasteiger partial charge in [-0.2, -0.15) is 0 Å². The zero-order chi connectivity index (χ0) is 20.9. The molecule has 0 saturated carbocycles. The first-order valence-electron chi connectivity index (χ1n) is 9.21. The lowest BCUT2D eigenvalue weighted by Crippen LogP contribution is -2.38. The van der Waals surface area contributed by atoms with E-state index in [0.29, 0.717) is 30.6 Å². The third-order valence-corrected chi connectivity index (χ3v) is 6.33. The maximum absolute atomic E-state index is 12.9. The normalized spacial score (nSPS) is 17.5. The minimum atomic E-state index is -3.08. The highest BCUT2D eigenvalue weighted by molar-refractivity contribution is 7.91. The van der Waals surface area contributed by atoms with Gasteiger partial charge in [0.05, 0.1) is 11.5 Å². The summed E-state index contributed by atoms with van der Waals surface area (Å²) >= 11 is 0. The lowest BCUT2D eigenvalue weighted by Gasteiger charge is -2.13. The summed E-state index contributed by atoms with van der Waals surface area (Å²) in [5, 5.41) is 8.03. The van der Waals surface area contributed by atoms with Crippen molar-refractivity contribution in [2.45, 2.75) is 18.9 Å². The number of amides is 3. The van der Waals surface area contributed by atoms with E-state index in [2.05, 4.69) is 16.0 Å². The highest BCUT2D eigenvalue weighted by Crippen LogP contribution is 2.13. The molecule has 1 atom stereocenters. The third kappa shape index (κ3) is 6.28. The molecule has 154 valence electrons. The molecule has 0 unspecified atom stereocenters. The molecule has 9 heteroatoms. The van der Waals surface area contributed by atoms with Gasteiger partial charge >= 0.3 is 6.03 Å². The Morgan fingerprint density at radius 3 is 2.55 bits per heavy atom. The van der Waals surface area contributed by atoms with Crippen LogP contribution in [0, 0.1) is 5.82 Å². The quantitative estimate of drug-likeness (QED) is 0.667. The molecule has 2 aromatic rings. The van der Waals surface area contributed by atoms with Crippen molar-refractivity contribution in [1.29, 1.82) is 0 Å². The smallest absolute Gasteiger partial charge is 0.319 e. The van der Waals surface area contributed by atoms with Gasteiger partial charge in [-0.25, -0.2) is 17.6 Å². The molecular formula is C20H22FN3O4S. The van der Waals surface area contributed by atoms with Crippen molar-refractivity contribution in [3.05, 3.63) is 65.5 Å². The van der Waals surface area contributed by atoms with Crippen LogP contribution >= 0.6 is 0 Å². The first-order chi connectivity index (χ1) is 13.8. The molecule has 1 heterocycles. The molecule has 3 amide bonds. The molecule has 7 nitrogen and oxygen atoms in total. The molecule has 3 rings (SSSR count). The number of hydrogen-bond donors (Lipinski definition) is 3. The van der Waals surface area contributed by atoms with Crippen LogP contribution in [-0.2, 0) is 16.3 Å². The van der Waals surface area contributed by atoms with Crippen LogP contribution in [0.4, 0.5) is 14.9 Å². The molecule has 1 fully saturated rings. The topological polar surface area (TPSA) is 104 Å². The van der Waals surface area contributed by atoms with Crippen LogP contribution in [0.2, 0.25) is 0 Å². The van der Waals surface area contributed by atoms with Crippen molar-refractivity contribution in [2.24, 2.45) is 0 Å². The van der Waals surface area contributed by atoms with Crippen LogP contribution in [0.25, 0.3) is 0 Å². The van der Waals surface area contributed by atoms with E-state index >= 15 is 0 Å². The summed E-state index contributed by atoms with van der Waals surface area (Å²) in [5.41, 5.74) is 1.72. The summed E-state index contributed by atoms with van der Waals surface area (Å²) < 4.78 is 35.8. The van der Waals surface area contributed by atoms with Crippen LogP contribution in [0.5, 0.6) is 0 Å². The monoisotopic (exact) mass is 419 g/mol. The van der Waals surface area contributed by atoms with Crippen molar-refractivity contribution in [2.75, 3.05) is 23.4 Å². The number of carbonyl (C=O) groups is 2. The number of anilines is 1. The summed E-state index contributed by atoms with van der Waals surface area (Å²) in [5.74, 6) is -0.582. The van der Waals surface area contributed by atoms with Gasteiger partial charge in [0.15, 0.2) is 9.84 Å². The number of rotatable bonds is 6. The van der Waals surface area contributed by atoms with Crippen LogP contribution in [0.15, 0.2) is 48.5 Å². The van der Waals surface area contributed by atoms with Gasteiger partial charge in [0.25, 0.3) is 5.91 Å². The first-order valence-corrected chi connectivity index (χ1v) is 11.0. The molecule has 3 N–H and O–H groups in total. The van der Waals surface area contributed by atoms with Gasteiger partial charge in [0.1, 0.15) is 5.82 Å². The van der Waals surface area contributed by atoms with E-state index in [1.165, 1.54) is 18.2 Å². The molecule has 1 saturated heterocycles. The van der Waals surface area contributed by atoms with E-state index < -0.39 is 21.9 Å². The number of nitrogens with one attached hydrogen (secondary N) is 3. The fourth-order valence-corrected chi connectivity index (χ4v) is 4.75. The number of halogens is 1. The average Bonchev–Trinajstić information content (AvgIpc) is 3.01. The molecule has 0 aromatic heterocycles. The van der Waals surface area contributed by atoms with Crippen molar-refractivity contribution < 1.29 is 22.4 Å². The van der Waals surface area contributed by atoms with Gasteiger partial charge in [0.2, 0.25) is 0 Å². The third-order valence-electron chi connectivity index (χ3n) is 4.56. The zero-order valence-electron chi connectivity index (χ0n) is 15.7. The number of carbonyl (C=O) groups excluding carboxylic acids is 2. The fourth-order valence-electron chi connectivity index (χ4n) is 3.07. The van der Waals surface area contributed by atoms with Crippen molar-refractivity contribution in [1.82, 2.24) is 10.6 Å². The Labute approximate surface area is 168 Å². The Morgan fingerprint density at radius 1 is 1.10 bits per heavy atom. The summed E-state index contributed by atoms with van der Waals surface area (Å²) in [6, 6.07) is 11.6. The lowest BCUT2D eigenvalue weighted by atomic mass is 10.1. The second-order valence-electron chi connectivity index (χ2n) is 6.91. The predicted molar refractivity (Wildman–Crippen MR) is 108 cm³/mol. The highest BCUT2D eigenvalue weighted by atomic mass is 32.2. The second kappa shape index (κ2) is 9.04. The van der Waals surface area contributed by atoms with Crippen LogP contribution in [-0.4, -0.2) is 44.4 Å². The van der Waals surface area contributed by atoms with Crippen molar-refractivity contribution >= 4 is 27.5 Å². The van der Waals surface area contributed by atoms with Crippen molar-refractivity contribution in [3.63, 3.8) is 0 Å². The molecule has 0 bridgehead atoms. The number of sulfone groups is 1. The van der Waals surface area contributed by atoms with E-state index in [4.69, 9.17) is 0 Å². The molecule has 0 spiro atoms. The lowest BCUT2D eigenvalue weighted by molar-refractivity contribution is 0.0954. The average molecular weight is 419 g/mol. The minimum Gasteiger partial charge on any atom is -0.352 e. The van der Waals surface area contributed by atoms with Gasteiger partial charge in [-0.1, -0.05) is 18.2 Å². The van der Waals surface area contributed by atoms with Gasteiger partial charge in [-0.05, 0) is 48.7 Å². The molecule has 1 aliphatic rings. The van der Waals surface area contributed by atoms with Gasteiger partial charge in [-0.15, -0.1) is 0 Å². The van der Waals surface area contributed by atoms with E-state index in [9.17, 15) is 22.4 Å². The van der Waals surface area contributed by atoms with E-state index in [-0.39, 0.29) is 23.2 Å². The summed E-state index contributed by atoms with van der Waals surface area (Å²) in [6.07, 6.45) is 0.961. The molecule has 0 radical (unpaired) electrons. The van der Waals surface area contributed by atoms with E-state index in [0.717, 1.165) is 5.56 Å². The zero-order valence-corrected chi connectivity index (χ0v) is 16.5. The largest absolute Gasteiger partial charge is 0.352 e. The van der Waals surface area contributed by atoms with Gasteiger partial charge in [-0.3, -0.25) is 4.79 Å². The summed E-state index contributed by atoms with van der Waals surface area (Å²) in [7, 11) is -3.08. The van der Waals surface area contributed by atoms with E-state index in [1.54, 1.807) is 30.3 Å². The Bertz CT molecular complexity index is 993.